The molecule has 0 bridgehead atoms. The number of nitrogen functional groups attached to an aromatic ring is 1. The van der Waals surface area contributed by atoms with Gasteiger partial charge in [0.2, 0.25) is 5.95 Å². The summed E-state index contributed by atoms with van der Waals surface area (Å²) in [5.74, 6) is 0.241. The zero-order valence-electron chi connectivity index (χ0n) is 13.8. The van der Waals surface area contributed by atoms with E-state index in [1.807, 2.05) is 0 Å². The van der Waals surface area contributed by atoms with Crippen molar-refractivity contribution >= 4 is 29.1 Å². The lowest BCUT2D eigenvalue weighted by atomic mass is 9.97. The average molecular weight is 378 g/mol. The maximum Gasteiger partial charge on any atom is 0.229 e. The van der Waals surface area contributed by atoms with Gasteiger partial charge in [0.1, 0.15) is 10.8 Å². The Hall–Kier alpha value is -2.59. The van der Waals surface area contributed by atoms with Crippen LogP contribution in [0.4, 0.5) is 17.5 Å². The molecule has 0 spiro atoms. The first-order valence-electron chi connectivity index (χ1n) is 7.93. The second-order valence-corrected chi connectivity index (χ2v) is 6.51. The van der Waals surface area contributed by atoms with E-state index in [4.69, 9.17) is 32.3 Å². The maximum atomic E-state index is 8.66. The molecule has 2 saturated heterocycles. The molecule has 0 aliphatic carbocycles. The smallest absolute Gasteiger partial charge is 0.229 e. The molecule has 0 radical (unpaired) electrons. The molecular weight excluding hydrogens is 362 g/mol. The van der Waals surface area contributed by atoms with Crippen LogP contribution in [0.3, 0.4) is 0 Å². The molecule has 2 aliphatic heterocycles. The van der Waals surface area contributed by atoms with Crippen molar-refractivity contribution < 1.29 is 9.47 Å². The summed E-state index contributed by atoms with van der Waals surface area (Å²) in [5.41, 5.74) is 15.9. The molecule has 12 heteroatoms. The summed E-state index contributed by atoms with van der Waals surface area (Å²) >= 11 is 6.35. The van der Waals surface area contributed by atoms with E-state index in [0.717, 1.165) is 5.69 Å². The Morgan fingerprint density at radius 3 is 2.92 bits per heavy atom. The first kappa shape index (κ1) is 16.9. The van der Waals surface area contributed by atoms with Gasteiger partial charge in [-0.3, -0.25) is 4.68 Å². The summed E-state index contributed by atoms with van der Waals surface area (Å²) in [6.07, 6.45) is 2.81. The molecule has 136 valence electrons. The molecule has 2 fully saturated rings. The Labute approximate surface area is 153 Å². The van der Waals surface area contributed by atoms with Gasteiger partial charge in [0, 0.05) is 18.2 Å². The van der Waals surface area contributed by atoms with Crippen LogP contribution in [0.2, 0.25) is 5.02 Å². The minimum Gasteiger partial charge on any atom is -0.382 e. The molecule has 4 rings (SSSR count). The summed E-state index contributed by atoms with van der Waals surface area (Å²) in [4.78, 5) is 11.5. The molecule has 3 N–H and O–H groups in total. The number of nitrogens with two attached hydrogens (primary N) is 1. The highest BCUT2D eigenvalue weighted by molar-refractivity contribution is 6.33. The van der Waals surface area contributed by atoms with E-state index in [9.17, 15) is 0 Å². The number of aryl methyl sites for hydroxylation is 1. The Balaban J connectivity index is 1.63. The summed E-state index contributed by atoms with van der Waals surface area (Å²) < 4.78 is 13.2. The fraction of sp³-hybridized carbons (Fsp3) is 0.500. The van der Waals surface area contributed by atoms with Crippen LogP contribution in [0.1, 0.15) is 11.6 Å². The third-order valence-electron chi connectivity index (χ3n) is 4.44. The fourth-order valence-corrected chi connectivity index (χ4v) is 3.50. The molecule has 0 saturated carbocycles. The van der Waals surface area contributed by atoms with Crippen molar-refractivity contribution in [1.29, 1.82) is 0 Å². The second-order valence-electron chi connectivity index (χ2n) is 6.13. The highest BCUT2D eigenvalue weighted by atomic mass is 35.5. The van der Waals surface area contributed by atoms with Crippen LogP contribution >= 0.6 is 11.6 Å². The highest BCUT2D eigenvalue weighted by Gasteiger charge is 2.49. The molecule has 2 unspecified atom stereocenters. The third kappa shape index (κ3) is 2.90. The molecule has 0 amide bonds. The van der Waals surface area contributed by atoms with Gasteiger partial charge in [-0.1, -0.05) is 16.7 Å². The van der Waals surface area contributed by atoms with E-state index in [2.05, 4.69) is 30.4 Å². The first-order valence-corrected chi connectivity index (χ1v) is 8.30. The SMILES string of the molecule is Cn1cc(Nc2nc(N)c(Cl)c([C@H]3COC4C3OC[C@H]4N=[N+]=[N-])n2)cn1. The van der Waals surface area contributed by atoms with Gasteiger partial charge in [-0.05, 0) is 5.53 Å². The van der Waals surface area contributed by atoms with E-state index < -0.39 is 0 Å². The van der Waals surface area contributed by atoms with E-state index in [-0.39, 0.29) is 35.0 Å². The minimum absolute atomic E-state index is 0.163. The predicted molar refractivity (Wildman–Crippen MR) is 93.1 cm³/mol. The van der Waals surface area contributed by atoms with Gasteiger partial charge in [-0.15, -0.1) is 0 Å². The van der Waals surface area contributed by atoms with Crippen LogP contribution in [-0.2, 0) is 16.5 Å². The Morgan fingerprint density at radius 1 is 1.38 bits per heavy atom. The Kier molecular flexibility index (Phi) is 4.29. The van der Waals surface area contributed by atoms with Gasteiger partial charge in [0.05, 0.1) is 55.0 Å². The Bertz CT molecular complexity index is 881. The number of hydrogen-bond donors (Lipinski definition) is 2. The standard InChI is InChI=1S/C14H16ClN9O2/c1-24-3-6(2-18-24)19-14-20-10(9(15)13(16)21-14)7-4-25-12-8(22-23-17)5-26-11(7)12/h2-3,7-8,11-12H,4-5H2,1H3,(H3,16,19,20,21)/t7-,8-,11?,12?/m1/s1. The van der Waals surface area contributed by atoms with Crippen molar-refractivity contribution in [2.45, 2.75) is 24.2 Å². The first-order chi connectivity index (χ1) is 12.6. The van der Waals surface area contributed by atoms with Crippen molar-refractivity contribution in [1.82, 2.24) is 19.7 Å². The number of azide groups is 1. The lowest BCUT2D eigenvalue weighted by molar-refractivity contribution is 0.0687. The van der Waals surface area contributed by atoms with Crippen molar-refractivity contribution in [2.24, 2.45) is 12.2 Å². The highest BCUT2D eigenvalue weighted by Crippen LogP contribution is 2.41. The third-order valence-corrected chi connectivity index (χ3v) is 4.83. The van der Waals surface area contributed by atoms with Crippen LogP contribution in [0.25, 0.3) is 10.4 Å². The summed E-state index contributed by atoms with van der Waals surface area (Å²) in [7, 11) is 1.81. The predicted octanol–water partition coefficient (Wildman–Crippen LogP) is 1.75. The number of aromatic nitrogens is 4. The molecule has 2 aromatic rings. The normalized spacial score (nSPS) is 27.2. The maximum absolute atomic E-state index is 8.66. The molecule has 2 aromatic heterocycles. The zero-order valence-corrected chi connectivity index (χ0v) is 14.5. The number of halogens is 1. The number of nitrogens with zero attached hydrogens (tertiary/aromatic N) is 7. The molecule has 0 aromatic carbocycles. The number of hydrogen-bond acceptors (Lipinski definition) is 8. The molecule has 4 heterocycles. The van der Waals surface area contributed by atoms with Crippen molar-refractivity contribution in [2.75, 3.05) is 24.3 Å². The van der Waals surface area contributed by atoms with Gasteiger partial charge >= 0.3 is 0 Å². The van der Waals surface area contributed by atoms with Gasteiger partial charge in [-0.2, -0.15) is 10.1 Å². The number of ether oxygens (including phenoxy) is 2. The number of anilines is 3. The number of fused-ring (bicyclic) bond motifs is 1. The lowest BCUT2D eigenvalue weighted by Gasteiger charge is -2.18. The van der Waals surface area contributed by atoms with E-state index in [1.165, 1.54) is 0 Å². The Morgan fingerprint density at radius 2 is 2.19 bits per heavy atom. The van der Waals surface area contributed by atoms with Gasteiger partial charge in [0.15, 0.2) is 0 Å². The molecule has 26 heavy (non-hydrogen) atoms. The largest absolute Gasteiger partial charge is 0.382 e. The van der Waals surface area contributed by atoms with Crippen LogP contribution in [0.15, 0.2) is 17.5 Å². The molecular formula is C14H16ClN9O2. The fourth-order valence-electron chi connectivity index (χ4n) is 3.28. The van der Waals surface area contributed by atoms with Crippen LogP contribution in [0.5, 0.6) is 0 Å². The topological polar surface area (TPSA) is 149 Å². The van der Waals surface area contributed by atoms with Crippen LogP contribution in [-0.4, -0.2) is 51.2 Å². The van der Waals surface area contributed by atoms with Gasteiger partial charge in [-0.25, -0.2) is 4.98 Å². The molecule has 2 aliphatic rings. The molecule has 11 nitrogen and oxygen atoms in total. The quantitative estimate of drug-likeness (QED) is 0.468. The van der Waals surface area contributed by atoms with Crippen LogP contribution < -0.4 is 11.1 Å². The monoisotopic (exact) mass is 377 g/mol. The van der Waals surface area contributed by atoms with Crippen molar-refractivity contribution in [3.05, 3.63) is 33.6 Å². The van der Waals surface area contributed by atoms with E-state index in [0.29, 0.717) is 24.9 Å². The van der Waals surface area contributed by atoms with E-state index >= 15 is 0 Å². The van der Waals surface area contributed by atoms with E-state index in [1.54, 1.807) is 24.1 Å². The average Bonchev–Trinajstić information content (AvgIpc) is 3.29. The van der Waals surface area contributed by atoms with Crippen LogP contribution in [0, 0.1) is 0 Å². The lowest BCUT2D eigenvalue weighted by Crippen LogP contribution is -2.27. The summed E-state index contributed by atoms with van der Waals surface area (Å²) in [6, 6.07) is -0.360. The number of rotatable bonds is 4. The van der Waals surface area contributed by atoms with Crippen molar-refractivity contribution in [3.63, 3.8) is 0 Å². The van der Waals surface area contributed by atoms with Gasteiger partial charge in [0.25, 0.3) is 0 Å². The minimum atomic E-state index is -0.360. The van der Waals surface area contributed by atoms with Gasteiger partial charge < -0.3 is 20.5 Å². The summed E-state index contributed by atoms with van der Waals surface area (Å²) in [5, 5.41) is 11.1. The zero-order chi connectivity index (χ0) is 18.3. The summed E-state index contributed by atoms with van der Waals surface area (Å²) in [6.45, 7) is 0.643. The number of nitrogens with one attached hydrogen (secondary N) is 1. The molecule has 4 atom stereocenters. The second kappa shape index (κ2) is 6.61. The van der Waals surface area contributed by atoms with Crippen molar-refractivity contribution in [3.8, 4) is 0 Å².